The van der Waals surface area contributed by atoms with Crippen LogP contribution < -0.4 is 5.32 Å². The lowest BCUT2D eigenvalue weighted by Gasteiger charge is -2.21. The molecular weight excluding hydrogens is 186 g/mol. The van der Waals surface area contributed by atoms with E-state index in [9.17, 15) is 0 Å². The highest BCUT2D eigenvalue weighted by Gasteiger charge is 2.18. The number of aryl methyl sites for hydroxylation is 1. The molecule has 0 bridgehead atoms. The highest BCUT2D eigenvalue weighted by Crippen LogP contribution is 2.19. The molecule has 1 heterocycles. The van der Waals surface area contributed by atoms with E-state index in [-0.39, 0.29) is 0 Å². The number of aromatic nitrogens is 2. The lowest BCUT2D eigenvalue weighted by molar-refractivity contribution is 0.443. The van der Waals surface area contributed by atoms with Crippen molar-refractivity contribution in [3.8, 4) is 0 Å². The molecule has 0 aromatic carbocycles. The van der Waals surface area contributed by atoms with E-state index in [0.717, 1.165) is 24.4 Å². The van der Waals surface area contributed by atoms with Gasteiger partial charge in [0.1, 0.15) is 5.82 Å². The summed E-state index contributed by atoms with van der Waals surface area (Å²) in [7, 11) is 0. The Morgan fingerprint density at radius 1 is 1.27 bits per heavy atom. The van der Waals surface area contributed by atoms with Crippen molar-refractivity contribution in [2.24, 2.45) is 0 Å². The van der Waals surface area contributed by atoms with Gasteiger partial charge in [-0.15, -0.1) is 0 Å². The van der Waals surface area contributed by atoms with Crippen LogP contribution in [-0.4, -0.2) is 22.6 Å². The quantitative estimate of drug-likeness (QED) is 0.805. The third-order valence-corrected chi connectivity index (χ3v) is 2.70. The van der Waals surface area contributed by atoms with Crippen molar-refractivity contribution in [1.29, 1.82) is 0 Å². The van der Waals surface area contributed by atoms with E-state index in [1.807, 2.05) is 19.3 Å². The van der Waals surface area contributed by atoms with Gasteiger partial charge >= 0.3 is 0 Å². The Bertz CT molecular complexity index is 281. The first-order valence-corrected chi connectivity index (χ1v) is 5.71. The Balaban J connectivity index is 2.77. The minimum Gasteiger partial charge on any atom is -0.314 e. The topological polar surface area (TPSA) is 37.8 Å². The van der Waals surface area contributed by atoms with Gasteiger partial charge in [0.15, 0.2) is 0 Å². The monoisotopic (exact) mass is 207 g/mol. The summed E-state index contributed by atoms with van der Waals surface area (Å²) < 4.78 is 0. The molecule has 1 N–H and O–H groups in total. The fourth-order valence-corrected chi connectivity index (χ4v) is 1.82. The second kappa shape index (κ2) is 5.81. The van der Waals surface area contributed by atoms with Crippen molar-refractivity contribution in [2.75, 3.05) is 6.54 Å². The van der Waals surface area contributed by atoms with Crippen LogP contribution in [0, 0.1) is 6.92 Å². The minimum atomic E-state index is 0.408. The van der Waals surface area contributed by atoms with E-state index >= 15 is 0 Å². The maximum Gasteiger partial charge on any atom is 0.132 e. The van der Waals surface area contributed by atoms with Crippen molar-refractivity contribution in [3.63, 3.8) is 0 Å². The second-order valence-electron chi connectivity index (χ2n) is 3.98. The Morgan fingerprint density at radius 3 is 2.33 bits per heavy atom. The van der Waals surface area contributed by atoms with Crippen molar-refractivity contribution in [2.45, 2.75) is 46.1 Å². The average molecular weight is 207 g/mol. The van der Waals surface area contributed by atoms with Crippen LogP contribution in [0.2, 0.25) is 0 Å². The standard InChI is InChI=1S/C12H21N3/c1-5-11(10(4)13-6-2)12-14-7-9(3)8-15-12/h7-8,10-11,13H,5-6H2,1-4H3. The molecule has 0 saturated carbocycles. The van der Waals surface area contributed by atoms with E-state index in [0.29, 0.717) is 12.0 Å². The van der Waals surface area contributed by atoms with Crippen molar-refractivity contribution in [1.82, 2.24) is 15.3 Å². The van der Waals surface area contributed by atoms with Crippen LogP contribution in [0.3, 0.4) is 0 Å². The Hall–Kier alpha value is -0.960. The number of likely N-dealkylation sites (N-methyl/N-ethyl adjacent to an activating group) is 1. The lowest BCUT2D eigenvalue weighted by Crippen LogP contribution is -2.32. The molecule has 0 aliphatic rings. The molecular formula is C12H21N3. The lowest BCUT2D eigenvalue weighted by atomic mass is 9.97. The number of nitrogens with zero attached hydrogens (tertiary/aromatic N) is 2. The minimum absolute atomic E-state index is 0.408. The summed E-state index contributed by atoms with van der Waals surface area (Å²) in [5, 5.41) is 3.43. The molecule has 0 spiro atoms. The number of hydrogen-bond donors (Lipinski definition) is 1. The predicted octanol–water partition coefficient (Wildman–Crippen LogP) is 2.28. The van der Waals surface area contributed by atoms with Gasteiger partial charge in [-0.05, 0) is 32.4 Å². The summed E-state index contributed by atoms with van der Waals surface area (Å²) in [5.41, 5.74) is 1.12. The highest BCUT2D eigenvalue weighted by molar-refractivity contribution is 5.06. The molecule has 0 amide bonds. The van der Waals surface area contributed by atoms with Gasteiger partial charge in [0.2, 0.25) is 0 Å². The molecule has 2 unspecified atom stereocenters. The molecule has 0 fully saturated rings. The zero-order valence-corrected chi connectivity index (χ0v) is 10.1. The van der Waals surface area contributed by atoms with Gasteiger partial charge in [-0.1, -0.05) is 13.8 Å². The van der Waals surface area contributed by atoms with Crippen LogP contribution >= 0.6 is 0 Å². The van der Waals surface area contributed by atoms with Crippen LogP contribution in [0.5, 0.6) is 0 Å². The number of nitrogens with one attached hydrogen (secondary N) is 1. The van der Waals surface area contributed by atoms with Crippen molar-refractivity contribution >= 4 is 0 Å². The maximum absolute atomic E-state index is 4.40. The Labute approximate surface area is 92.3 Å². The first kappa shape index (κ1) is 12.1. The third kappa shape index (κ3) is 3.27. The van der Waals surface area contributed by atoms with Crippen LogP contribution in [0.4, 0.5) is 0 Å². The van der Waals surface area contributed by atoms with Gasteiger partial charge in [-0.2, -0.15) is 0 Å². The number of hydrogen-bond acceptors (Lipinski definition) is 3. The van der Waals surface area contributed by atoms with E-state index < -0.39 is 0 Å². The molecule has 15 heavy (non-hydrogen) atoms. The predicted molar refractivity (Wildman–Crippen MR) is 62.9 cm³/mol. The molecule has 3 heteroatoms. The first-order valence-electron chi connectivity index (χ1n) is 5.71. The maximum atomic E-state index is 4.40. The fraction of sp³-hybridized carbons (Fsp3) is 0.667. The van der Waals surface area contributed by atoms with Crippen molar-refractivity contribution < 1.29 is 0 Å². The SMILES string of the molecule is CCNC(C)C(CC)c1ncc(C)cn1. The second-order valence-corrected chi connectivity index (χ2v) is 3.98. The summed E-state index contributed by atoms with van der Waals surface area (Å²) >= 11 is 0. The van der Waals surface area contributed by atoms with Crippen LogP contribution in [0.25, 0.3) is 0 Å². The summed E-state index contributed by atoms with van der Waals surface area (Å²) in [6, 6.07) is 0.433. The molecule has 3 nitrogen and oxygen atoms in total. The summed E-state index contributed by atoms with van der Waals surface area (Å²) in [6.07, 6.45) is 4.85. The Morgan fingerprint density at radius 2 is 1.87 bits per heavy atom. The van der Waals surface area contributed by atoms with Gasteiger partial charge in [0.25, 0.3) is 0 Å². The van der Waals surface area contributed by atoms with Crippen molar-refractivity contribution in [3.05, 3.63) is 23.8 Å². The molecule has 0 aliphatic carbocycles. The van der Waals surface area contributed by atoms with Crippen LogP contribution in [0.15, 0.2) is 12.4 Å². The molecule has 2 atom stereocenters. The van der Waals surface area contributed by atoms with E-state index in [1.165, 1.54) is 0 Å². The third-order valence-electron chi connectivity index (χ3n) is 2.70. The van der Waals surface area contributed by atoms with Gasteiger partial charge in [0, 0.05) is 24.4 Å². The zero-order chi connectivity index (χ0) is 11.3. The van der Waals surface area contributed by atoms with Crippen LogP contribution in [-0.2, 0) is 0 Å². The highest BCUT2D eigenvalue weighted by atomic mass is 14.9. The summed E-state index contributed by atoms with van der Waals surface area (Å²) in [4.78, 5) is 8.80. The number of rotatable bonds is 5. The van der Waals surface area contributed by atoms with Gasteiger partial charge in [0.05, 0.1) is 0 Å². The first-order chi connectivity index (χ1) is 7.19. The fourth-order valence-electron chi connectivity index (χ4n) is 1.82. The van der Waals surface area contributed by atoms with Gasteiger partial charge in [-0.25, -0.2) is 9.97 Å². The van der Waals surface area contributed by atoms with E-state index in [1.54, 1.807) is 0 Å². The van der Waals surface area contributed by atoms with Gasteiger partial charge < -0.3 is 5.32 Å². The zero-order valence-electron chi connectivity index (χ0n) is 10.1. The normalized spacial score (nSPS) is 14.9. The van der Waals surface area contributed by atoms with Gasteiger partial charge in [-0.3, -0.25) is 0 Å². The summed E-state index contributed by atoms with van der Waals surface area (Å²) in [5.74, 6) is 1.36. The Kier molecular flexibility index (Phi) is 4.69. The molecule has 1 rings (SSSR count). The van der Waals surface area contributed by atoms with Crippen LogP contribution in [0.1, 0.15) is 44.5 Å². The largest absolute Gasteiger partial charge is 0.314 e. The molecule has 84 valence electrons. The molecule has 1 aromatic heterocycles. The molecule has 0 saturated heterocycles. The van der Waals surface area contributed by atoms with E-state index in [2.05, 4.69) is 36.1 Å². The average Bonchev–Trinajstić information content (AvgIpc) is 2.22. The summed E-state index contributed by atoms with van der Waals surface area (Å²) in [6.45, 7) is 9.50. The molecule has 0 aliphatic heterocycles. The molecule has 0 radical (unpaired) electrons. The smallest absolute Gasteiger partial charge is 0.132 e. The molecule has 1 aromatic rings. The van der Waals surface area contributed by atoms with E-state index in [4.69, 9.17) is 0 Å².